The number of ether oxygens (including phenoxy) is 1. The molecule has 1 aliphatic rings. The maximum Gasteiger partial charge on any atom is 0.341 e. The molecule has 0 spiro atoms. The maximum absolute atomic E-state index is 12.8. The summed E-state index contributed by atoms with van der Waals surface area (Å²) in [5.41, 5.74) is 1.72. The molecule has 1 N–H and O–H groups in total. The van der Waals surface area contributed by atoms with Crippen molar-refractivity contribution in [2.24, 2.45) is 11.8 Å². The first-order valence-corrected chi connectivity index (χ1v) is 11.0. The number of carbonyl (C=O) groups is 2. The fraction of sp³-hybridized carbons (Fsp3) is 0.714. The Morgan fingerprint density at radius 1 is 1.27 bits per heavy atom. The van der Waals surface area contributed by atoms with E-state index in [0.717, 1.165) is 56.9 Å². The molecule has 5 heteroatoms. The lowest BCUT2D eigenvalue weighted by atomic mass is 9.88. The van der Waals surface area contributed by atoms with E-state index in [1.807, 2.05) is 6.92 Å². The number of esters is 1. The average molecular weight is 380 g/mol. The molecule has 146 valence electrons. The molecule has 1 aromatic heterocycles. The van der Waals surface area contributed by atoms with Gasteiger partial charge in [-0.3, -0.25) is 4.79 Å². The quantitative estimate of drug-likeness (QED) is 0.569. The zero-order valence-corrected chi connectivity index (χ0v) is 17.5. The van der Waals surface area contributed by atoms with E-state index < -0.39 is 0 Å². The van der Waals surface area contributed by atoms with Crippen LogP contribution in [-0.2, 0) is 22.4 Å². The second kappa shape index (κ2) is 10.1. The van der Waals surface area contributed by atoms with E-state index in [1.165, 1.54) is 4.88 Å². The average Bonchev–Trinajstić information content (AvgIpc) is 2.97. The van der Waals surface area contributed by atoms with Crippen molar-refractivity contribution in [1.29, 1.82) is 0 Å². The molecule has 1 amide bonds. The van der Waals surface area contributed by atoms with Crippen LogP contribution in [0.2, 0.25) is 0 Å². The SMILES string of the molecule is CCCCC(CC)C(=O)Nc1sc2c(c1C(=O)OCCC)CCC(C)C2. The second-order valence-electron chi connectivity index (χ2n) is 7.43. The van der Waals surface area contributed by atoms with Gasteiger partial charge in [-0.25, -0.2) is 4.79 Å². The Morgan fingerprint density at radius 2 is 2.04 bits per heavy atom. The van der Waals surface area contributed by atoms with Gasteiger partial charge < -0.3 is 10.1 Å². The number of nitrogens with one attached hydrogen (secondary N) is 1. The summed E-state index contributed by atoms with van der Waals surface area (Å²) in [6.45, 7) is 8.84. The molecule has 1 heterocycles. The smallest absolute Gasteiger partial charge is 0.341 e. The van der Waals surface area contributed by atoms with Crippen LogP contribution in [0.15, 0.2) is 0 Å². The summed E-state index contributed by atoms with van der Waals surface area (Å²) < 4.78 is 5.42. The van der Waals surface area contributed by atoms with Crippen molar-refractivity contribution in [3.05, 3.63) is 16.0 Å². The summed E-state index contributed by atoms with van der Waals surface area (Å²) >= 11 is 1.57. The Balaban J connectivity index is 2.25. The zero-order chi connectivity index (χ0) is 19.1. The molecule has 0 fully saturated rings. The third kappa shape index (κ3) is 5.09. The second-order valence-corrected chi connectivity index (χ2v) is 8.53. The minimum Gasteiger partial charge on any atom is -0.462 e. The summed E-state index contributed by atoms with van der Waals surface area (Å²) in [7, 11) is 0. The molecule has 0 aliphatic heterocycles. The van der Waals surface area contributed by atoms with E-state index in [4.69, 9.17) is 4.74 Å². The minimum atomic E-state index is -0.282. The molecular formula is C21H33NO3S. The van der Waals surface area contributed by atoms with E-state index in [9.17, 15) is 9.59 Å². The summed E-state index contributed by atoms with van der Waals surface area (Å²) in [5, 5.41) is 3.78. The summed E-state index contributed by atoms with van der Waals surface area (Å²) in [6.07, 6.45) is 7.62. The Morgan fingerprint density at radius 3 is 2.69 bits per heavy atom. The van der Waals surface area contributed by atoms with Crippen LogP contribution in [0.25, 0.3) is 0 Å². The highest BCUT2D eigenvalue weighted by molar-refractivity contribution is 7.17. The summed E-state index contributed by atoms with van der Waals surface area (Å²) in [4.78, 5) is 26.7. The van der Waals surface area contributed by atoms with Gasteiger partial charge in [0.25, 0.3) is 0 Å². The predicted molar refractivity (Wildman–Crippen MR) is 108 cm³/mol. The number of rotatable bonds is 9. The Labute approximate surface area is 161 Å². The molecule has 1 aromatic rings. The molecule has 2 rings (SSSR count). The summed E-state index contributed by atoms with van der Waals surface area (Å²) in [6, 6.07) is 0. The van der Waals surface area contributed by atoms with Gasteiger partial charge in [-0.05, 0) is 50.0 Å². The van der Waals surface area contributed by atoms with Crippen LogP contribution in [0.5, 0.6) is 0 Å². The number of fused-ring (bicyclic) bond motifs is 1. The van der Waals surface area contributed by atoms with Crippen molar-refractivity contribution in [3.8, 4) is 0 Å². The highest BCUT2D eigenvalue weighted by Crippen LogP contribution is 2.40. The first-order valence-electron chi connectivity index (χ1n) is 10.1. The van der Waals surface area contributed by atoms with E-state index in [2.05, 4.69) is 26.1 Å². The first kappa shape index (κ1) is 20.9. The van der Waals surface area contributed by atoms with E-state index in [0.29, 0.717) is 23.1 Å². The van der Waals surface area contributed by atoms with Crippen LogP contribution < -0.4 is 5.32 Å². The van der Waals surface area contributed by atoms with Crippen LogP contribution >= 0.6 is 11.3 Å². The van der Waals surface area contributed by atoms with Crippen LogP contribution in [0.1, 0.15) is 87.0 Å². The number of carbonyl (C=O) groups excluding carboxylic acids is 2. The van der Waals surface area contributed by atoms with Gasteiger partial charge in [0.15, 0.2) is 0 Å². The highest BCUT2D eigenvalue weighted by atomic mass is 32.1. The van der Waals surface area contributed by atoms with Crippen molar-refractivity contribution in [1.82, 2.24) is 0 Å². The van der Waals surface area contributed by atoms with Crippen LogP contribution in [-0.4, -0.2) is 18.5 Å². The number of hydrogen-bond donors (Lipinski definition) is 1. The standard InChI is InChI=1S/C21H33NO3S/c1-5-8-9-15(7-3)19(23)22-20-18(21(24)25-12-6-2)16-11-10-14(4)13-17(16)26-20/h14-15H,5-13H2,1-4H3,(H,22,23). The van der Waals surface area contributed by atoms with Crippen molar-refractivity contribution in [2.75, 3.05) is 11.9 Å². The highest BCUT2D eigenvalue weighted by Gasteiger charge is 2.30. The molecule has 0 aromatic carbocycles. The lowest BCUT2D eigenvalue weighted by Crippen LogP contribution is -2.23. The Hall–Kier alpha value is -1.36. The molecule has 0 bridgehead atoms. The Bertz CT molecular complexity index is 623. The van der Waals surface area contributed by atoms with Crippen LogP contribution in [0.4, 0.5) is 5.00 Å². The van der Waals surface area contributed by atoms with Gasteiger partial charge in [0.2, 0.25) is 5.91 Å². The van der Waals surface area contributed by atoms with Crippen molar-refractivity contribution >= 4 is 28.2 Å². The number of amides is 1. The molecule has 1 aliphatic carbocycles. The molecule has 4 nitrogen and oxygen atoms in total. The van der Waals surface area contributed by atoms with Crippen molar-refractivity contribution < 1.29 is 14.3 Å². The van der Waals surface area contributed by atoms with Gasteiger partial charge in [0.05, 0.1) is 12.2 Å². The van der Waals surface area contributed by atoms with Gasteiger partial charge in [0, 0.05) is 10.8 Å². The largest absolute Gasteiger partial charge is 0.462 e. The van der Waals surface area contributed by atoms with Crippen LogP contribution in [0.3, 0.4) is 0 Å². The van der Waals surface area contributed by atoms with Crippen molar-refractivity contribution in [3.63, 3.8) is 0 Å². The topological polar surface area (TPSA) is 55.4 Å². The van der Waals surface area contributed by atoms with E-state index >= 15 is 0 Å². The number of thiophene rings is 1. The zero-order valence-electron chi connectivity index (χ0n) is 16.7. The molecule has 2 unspecified atom stereocenters. The van der Waals surface area contributed by atoms with Gasteiger partial charge in [0.1, 0.15) is 5.00 Å². The lowest BCUT2D eigenvalue weighted by molar-refractivity contribution is -0.120. The fourth-order valence-electron chi connectivity index (χ4n) is 3.51. The molecule has 0 radical (unpaired) electrons. The third-order valence-corrected chi connectivity index (χ3v) is 6.33. The molecule has 0 saturated carbocycles. The first-order chi connectivity index (χ1) is 12.5. The molecule has 26 heavy (non-hydrogen) atoms. The maximum atomic E-state index is 12.8. The van der Waals surface area contributed by atoms with Gasteiger partial charge in [-0.2, -0.15) is 0 Å². The minimum absolute atomic E-state index is 0.00696. The third-order valence-electron chi connectivity index (χ3n) is 5.16. The normalized spacial score (nSPS) is 17.5. The lowest BCUT2D eigenvalue weighted by Gasteiger charge is -2.18. The Kier molecular flexibility index (Phi) is 8.14. The van der Waals surface area contributed by atoms with Gasteiger partial charge in [-0.15, -0.1) is 11.3 Å². The van der Waals surface area contributed by atoms with Crippen molar-refractivity contribution in [2.45, 2.75) is 79.1 Å². The molecule has 0 saturated heterocycles. The van der Waals surface area contributed by atoms with Crippen LogP contribution in [0, 0.1) is 11.8 Å². The monoisotopic (exact) mass is 379 g/mol. The number of anilines is 1. The van der Waals surface area contributed by atoms with Gasteiger partial charge >= 0.3 is 5.97 Å². The summed E-state index contributed by atoms with van der Waals surface area (Å²) in [5.74, 6) is 0.387. The van der Waals surface area contributed by atoms with Gasteiger partial charge in [-0.1, -0.05) is 40.5 Å². The molecular weight excluding hydrogens is 346 g/mol. The van der Waals surface area contributed by atoms with E-state index in [1.54, 1.807) is 11.3 Å². The fourth-order valence-corrected chi connectivity index (χ4v) is 4.91. The number of hydrogen-bond acceptors (Lipinski definition) is 4. The van der Waals surface area contributed by atoms with E-state index in [-0.39, 0.29) is 17.8 Å². The molecule has 2 atom stereocenters. The predicted octanol–water partition coefficient (Wildman–Crippen LogP) is 5.59. The number of unbranched alkanes of at least 4 members (excludes halogenated alkanes) is 1.